The molecule has 0 aliphatic rings. The molecule has 0 amide bonds. The molecule has 94 valence electrons. The first-order chi connectivity index (χ1) is 8.79. The zero-order valence-corrected chi connectivity index (χ0v) is 11.1. The lowest BCUT2D eigenvalue weighted by molar-refractivity contribution is 0.715. The second-order valence-electron chi connectivity index (χ2n) is 4.62. The average Bonchev–Trinajstić information content (AvgIpc) is 2.39. The summed E-state index contributed by atoms with van der Waals surface area (Å²) in [6.45, 7) is 6.38. The number of fused-ring (bicyclic) bond motifs is 1. The monoisotopic (exact) mass is 240 g/mol. The average molecular weight is 240 g/mol. The minimum Gasteiger partial charge on any atom is -0.313 e. The summed E-state index contributed by atoms with van der Waals surface area (Å²) in [4.78, 5) is 4.33. The molecule has 0 aliphatic heterocycles. The number of aromatic nitrogens is 1. The van der Waals surface area contributed by atoms with Crippen molar-refractivity contribution in [3.05, 3.63) is 47.7 Å². The Morgan fingerprint density at radius 3 is 3.06 bits per heavy atom. The van der Waals surface area contributed by atoms with Crippen LogP contribution in [-0.4, -0.2) is 18.1 Å². The summed E-state index contributed by atoms with van der Waals surface area (Å²) in [5.41, 5.74) is 3.65. The fourth-order valence-corrected chi connectivity index (χ4v) is 1.98. The van der Waals surface area contributed by atoms with E-state index in [0.717, 1.165) is 18.6 Å². The van der Waals surface area contributed by atoms with Crippen molar-refractivity contribution >= 4 is 17.0 Å². The molecule has 0 bridgehead atoms. The Hall–Kier alpha value is -1.67. The first-order valence-corrected chi connectivity index (χ1v) is 6.52. The molecule has 0 aliphatic carbocycles. The summed E-state index contributed by atoms with van der Waals surface area (Å²) in [6, 6.07) is 10.5. The van der Waals surface area contributed by atoms with Gasteiger partial charge in [-0.15, -0.1) is 0 Å². The molecule has 2 rings (SSSR count). The number of rotatable bonds is 5. The van der Waals surface area contributed by atoms with E-state index in [9.17, 15) is 0 Å². The van der Waals surface area contributed by atoms with Crippen LogP contribution in [0.4, 0.5) is 0 Å². The van der Waals surface area contributed by atoms with Gasteiger partial charge in [0.15, 0.2) is 0 Å². The lowest BCUT2D eigenvalue weighted by Crippen LogP contribution is -2.16. The summed E-state index contributed by atoms with van der Waals surface area (Å²) in [6.07, 6.45) is 5.24. The fraction of sp³-hybridized carbons (Fsp3) is 0.312. The first kappa shape index (κ1) is 12.8. The van der Waals surface area contributed by atoms with Gasteiger partial charge in [-0.2, -0.15) is 0 Å². The molecule has 1 aromatic heterocycles. The van der Waals surface area contributed by atoms with Crippen molar-refractivity contribution in [1.82, 2.24) is 10.3 Å². The van der Waals surface area contributed by atoms with E-state index >= 15 is 0 Å². The van der Waals surface area contributed by atoms with Gasteiger partial charge in [0, 0.05) is 18.1 Å². The third-order valence-electron chi connectivity index (χ3n) is 2.87. The maximum atomic E-state index is 4.33. The van der Waals surface area contributed by atoms with Gasteiger partial charge in [-0.1, -0.05) is 30.7 Å². The number of hydrogen-bond donors (Lipinski definition) is 1. The van der Waals surface area contributed by atoms with Gasteiger partial charge in [-0.3, -0.25) is 4.98 Å². The molecule has 2 heteroatoms. The third kappa shape index (κ3) is 3.41. The van der Waals surface area contributed by atoms with E-state index in [4.69, 9.17) is 0 Å². The largest absolute Gasteiger partial charge is 0.313 e. The number of nitrogens with zero attached hydrogens (tertiary/aromatic N) is 1. The zero-order valence-electron chi connectivity index (χ0n) is 11.1. The topological polar surface area (TPSA) is 24.9 Å². The molecule has 0 fully saturated rings. The van der Waals surface area contributed by atoms with Crippen molar-refractivity contribution in [3.63, 3.8) is 0 Å². The third-order valence-corrected chi connectivity index (χ3v) is 2.87. The van der Waals surface area contributed by atoms with E-state index in [-0.39, 0.29) is 0 Å². The molecule has 0 saturated heterocycles. The lowest BCUT2D eigenvalue weighted by Gasteiger charge is -2.04. The van der Waals surface area contributed by atoms with Crippen LogP contribution < -0.4 is 5.32 Å². The molecular formula is C16H20N2. The van der Waals surface area contributed by atoms with Crippen molar-refractivity contribution in [2.24, 2.45) is 0 Å². The molecule has 1 N–H and O–H groups in total. The summed E-state index contributed by atoms with van der Waals surface area (Å²) in [5.74, 6) is 0. The van der Waals surface area contributed by atoms with Gasteiger partial charge in [0.25, 0.3) is 0 Å². The van der Waals surface area contributed by atoms with Crippen LogP contribution in [0.15, 0.2) is 42.1 Å². The molecular weight excluding hydrogens is 220 g/mol. The van der Waals surface area contributed by atoms with E-state index < -0.39 is 0 Å². The SMILES string of the molecule is CCCNCC(C)=Cc1ccc2ncccc2c1. The van der Waals surface area contributed by atoms with Gasteiger partial charge in [-0.25, -0.2) is 0 Å². The van der Waals surface area contributed by atoms with Crippen LogP contribution >= 0.6 is 0 Å². The maximum absolute atomic E-state index is 4.33. The second kappa shape index (κ2) is 6.31. The Morgan fingerprint density at radius 1 is 1.33 bits per heavy atom. The highest BCUT2D eigenvalue weighted by atomic mass is 14.8. The summed E-state index contributed by atoms with van der Waals surface area (Å²) < 4.78 is 0. The number of pyridine rings is 1. The highest BCUT2D eigenvalue weighted by molar-refractivity contribution is 5.81. The molecule has 2 aromatic rings. The van der Waals surface area contributed by atoms with Crippen LogP contribution in [0.25, 0.3) is 17.0 Å². The smallest absolute Gasteiger partial charge is 0.0702 e. The Labute approximate surface area is 109 Å². The summed E-state index contributed by atoms with van der Waals surface area (Å²) >= 11 is 0. The lowest BCUT2D eigenvalue weighted by atomic mass is 10.1. The maximum Gasteiger partial charge on any atom is 0.0702 e. The van der Waals surface area contributed by atoms with E-state index in [1.54, 1.807) is 0 Å². The van der Waals surface area contributed by atoms with Crippen LogP contribution in [-0.2, 0) is 0 Å². The van der Waals surface area contributed by atoms with E-state index in [2.05, 4.69) is 54.5 Å². The van der Waals surface area contributed by atoms with E-state index in [0.29, 0.717) is 0 Å². The Morgan fingerprint density at radius 2 is 2.22 bits per heavy atom. The van der Waals surface area contributed by atoms with Crippen LogP contribution in [0.1, 0.15) is 25.8 Å². The highest BCUT2D eigenvalue weighted by Gasteiger charge is 1.96. The summed E-state index contributed by atoms with van der Waals surface area (Å²) in [5, 5.41) is 4.61. The van der Waals surface area contributed by atoms with Crippen LogP contribution in [0.5, 0.6) is 0 Å². The Kier molecular flexibility index (Phi) is 4.48. The van der Waals surface area contributed by atoms with Gasteiger partial charge in [-0.05, 0) is 43.7 Å². The number of nitrogens with one attached hydrogen (secondary N) is 1. The number of hydrogen-bond acceptors (Lipinski definition) is 2. The van der Waals surface area contributed by atoms with Crippen molar-refractivity contribution in [1.29, 1.82) is 0 Å². The van der Waals surface area contributed by atoms with Crippen molar-refractivity contribution in [3.8, 4) is 0 Å². The Balaban J connectivity index is 2.13. The van der Waals surface area contributed by atoms with E-state index in [1.807, 2.05) is 12.3 Å². The molecule has 0 atom stereocenters. The van der Waals surface area contributed by atoms with Gasteiger partial charge < -0.3 is 5.32 Å². The second-order valence-corrected chi connectivity index (χ2v) is 4.62. The quantitative estimate of drug-likeness (QED) is 0.807. The molecule has 2 nitrogen and oxygen atoms in total. The van der Waals surface area contributed by atoms with Gasteiger partial charge in [0.1, 0.15) is 0 Å². The minimum absolute atomic E-state index is 0.957. The van der Waals surface area contributed by atoms with Crippen LogP contribution in [0.3, 0.4) is 0 Å². The first-order valence-electron chi connectivity index (χ1n) is 6.52. The standard InChI is InChI=1S/C16H20N2/c1-3-8-17-12-13(2)10-14-6-7-16-15(11-14)5-4-9-18-16/h4-7,9-11,17H,3,8,12H2,1-2H3. The predicted molar refractivity (Wildman–Crippen MR) is 78.6 cm³/mol. The molecule has 1 heterocycles. The van der Waals surface area contributed by atoms with E-state index in [1.165, 1.54) is 22.9 Å². The normalized spacial score (nSPS) is 12.0. The fourth-order valence-electron chi connectivity index (χ4n) is 1.98. The molecule has 0 spiro atoms. The Bertz CT molecular complexity index is 544. The molecule has 18 heavy (non-hydrogen) atoms. The van der Waals surface area contributed by atoms with Crippen LogP contribution in [0.2, 0.25) is 0 Å². The van der Waals surface area contributed by atoms with Gasteiger partial charge in [0.2, 0.25) is 0 Å². The molecule has 1 aromatic carbocycles. The molecule has 0 saturated carbocycles. The van der Waals surface area contributed by atoms with Gasteiger partial charge in [0.05, 0.1) is 5.52 Å². The molecule has 0 radical (unpaired) electrons. The zero-order chi connectivity index (χ0) is 12.8. The van der Waals surface area contributed by atoms with Crippen molar-refractivity contribution in [2.45, 2.75) is 20.3 Å². The molecule has 0 unspecified atom stereocenters. The van der Waals surface area contributed by atoms with Crippen LogP contribution in [0, 0.1) is 0 Å². The van der Waals surface area contributed by atoms with Gasteiger partial charge >= 0.3 is 0 Å². The predicted octanol–water partition coefficient (Wildman–Crippen LogP) is 3.64. The van der Waals surface area contributed by atoms with Crippen molar-refractivity contribution < 1.29 is 0 Å². The number of benzene rings is 1. The minimum atomic E-state index is 0.957. The summed E-state index contributed by atoms with van der Waals surface area (Å²) in [7, 11) is 0. The van der Waals surface area contributed by atoms with Crippen molar-refractivity contribution in [2.75, 3.05) is 13.1 Å². The highest BCUT2D eigenvalue weighted by Crippen LogP contribution is 2.15.